The van der Waals surface area contributed by atoms with Crippen molar-refractivity contribution in [3.8, 4) is 0 Å². The summed E-state index contributed by atoms with van der Waals surface area (Å²) >= 11 is 0. The van der Waals surface area contributed by atoms with E-state index in [1.54, 1.807) is 16.8 Å². The highest BCUT2D eigenvalue weighted by Gasteiger charge is 2.09. The Morgan fingerprint density at radius 2 is 2.33 bits per heavy atom. The van der Waals surface area contributed by atoms with Crippen LogP contribution >= 0.6 is 0 Å². The molecule has 2 aromatic rings. The van der Waals surface area contributed by atoms with E-state index in [0.717, 1.165) is 6.42 Å². The number of nitrogens with one attached hydrogen (secondary N) is 2. The standard InChI is InChI=1S/C11H13N5O2/c1-2-5-16-6-8(3-4-9(16)17)14-11(18)10-12-7-13-15-10/h3-4,6-7H,2,5H2,1H3,(H,14,18)(H,12,13,15). The van der Waals surface area contributed by atoms with Crippen LogP contribution < -0.4 is 10.9 Å². The predicted octanol–water partition coefficient (Wildman–Crippen LogP) is 0.629. The van der Waals surface area contributed by atoms with Gasteiger partial charge in [-0.3, -0.25) is 14.7 Å². The molecule has 0 aromatic carbocycles. The quantitative estimate of drug-likeness (QED) is 0.828. The van der Waals surface area contributed by atoms with Gasteiger partial charge in [0.1, 0.15) is 6.33 Å². The molecule has 2 N–H and O–H groups in total. The van der Waals surface area contributed by atoms with Crippen molar-refractivity contribution in [3.05, 3.63) is 40.8 Å². The minimum atomic E-state index is -0.394. The number of aromatic amines is 1. The number of pyridine rings is 1. The molecule has 7 nitrogen and oxygen atoms in total. The van der Waals surface area contributed by atoms with Crippen molar-refractivity contribution in [2.45, 2.75) is 19.9 Å². The molecule has 0 bridgehead atoms. The lowest BCUT2D eigenvalue weighted by atomic mass is 10.3. The molecule has 0 aliphatic heterocycles. The number of anilines is 1. The van der Waals surface area contributed by atoms with Crippen LogP contribution in [0.3, 0.4) is 0 Å². The third kappa shape index (κ3) is 2.62. The van der Waals surface area contributed by atoms with E-state index in [4.69, 9.17) is 0 Å². The molecule has 0 spiro atoms. The fourth-order valence-electron chi connectivity index (χ4n) is 1.53. The van der Waals surface area contributed by atoms with Crippen molar-refractivity contribution in [2.24, 2.45) is 0 Å². The molecule has 18 heavy (non-hydrogen) atoms. The van der Waals surface area contributed by atoms with Crippen LogP contribution in [-0.4, -0.2) is 25.7 Å². The number of nitrogens with zero attached hydrogens (tertiary/aromatic N) is 3. The zero-order valence-corrected chi connectivity index (χ0v) is 9.88. The molecule has 94 valence electrons. The molecule has 2 rings (SSSR count). The molecule has 0 radical (unpaired) electrons. The second-order valence-electron chi connectivity index (χ2n) is 3.74. The molecule has 2 aromatic heterocycles. The van der Waals surface area contributed by atoms with Gasteiger partial charge in [-0.25, -0.2) is 4.98 Å². The summed E-state index contributed by atoms with van der Waals surface area (Å²) in [6.45, 7) is 2.59. The van der Waals surface area contributed by atoms with Crippen LogP contribution in [0.15, 0.2) is 29.5 Å². The van der Waals surface area contributed by atoms with Gasteiger partial charge >= 0.3 is 0 Å². The summed E-state index contributed by atoms with van der Waals surface area (Å²) in [5, 5.41) is 8.70. The molecular formula is C11H13N5O2. The van der Waals surface area contributed by atoms with Crippen molar-refractivity contribution in [1.82, 2.24) is 19.7 Å². The zero-order valence-electron chi connectivity index (χ0n) is 9.88. The van der Waals surface area contributed by atoms with Crippen molar-refractivity contribution in [2.75, 3.05) is 5.32 Å². The molecule has 0 atom stereocenters. The number of H-pyrrole nitrogens is 1. The molecule has 1 amide bonds. The summed E-state index contributed by atoms with van der Waals surface area (Å²) < 4.78 is 1.55. The first kappa shape index (κ1) is 12.0. The number of amides is 1. The second-order valence-corrected chi connectivity index (χ2v) is 3.74. The number of rotatable bonds is 4. The lowest BCUT2D eigenvalue weighted by molar-refractivity contribution is 0.101. The van der Waals surface area contributed by atoms with E-state index in [1.807, 2.05) is 6.92 Å². The van der Waals surface area contributed by atoms with E-state index in [2.05, 4.69) is 20.5 Å². The first-order valence-corrected chi connectivity index (χ1v) is 5.58. The van der Waals surface area contributed by atoms with Gasteiger partial charge in [-0.1, -0.05) is 6.92 Å². The highest BCUT2D eigenvalue weighted by atomic mass is 16.2. The van der Waals surface area contributed by atoms with Gasteiger partial charge in [0.05, 0.1) is 5.69 Å². The highest BCUT2D eigenvalue weighted by molar-refractivity contribution is 6.01. The Hall–Kier alpha value is -2.44. The van der Waals surface area contributed by atoms with Gasteiger partial charge in [-0.05, 0) is 12.5 Å². The Morgan fingerprint density at radius 3 is 3.00 bits per heavy atom. The number of aryl methyl sites for hydroxylation is 1. The van der Waals surface area contributed by atoms with Crippen LogP contribution in [0.4, 0.5) is 5.69 Å². The maximum atomic E-state index is 11.7. The largest absolute Gasteiger partial charge is 0.318 e. The molecule has 2 heterocycles. The van der Waals surface area contributed by atoms with Crippen LogP contribution in [0.25, 0.3) is 0 Å². The lowest BCUT2D eigenvalue weighted by Gasteiger charge is -2.07. The number of hydrogen-bond donors (Lipinski definition) is 2. The Bertz CT molecular complexity index is 588. The van der Waals surface area contributed by atoms with Crippen LogP contribution in [0.2, 0.25) is 0 Å². The van der Waals surface area contributed by atoms with Crippen molar-refractivity contribution in [1.29, 1.82) is 0 Å². The summed E-state index contributed by atoms with van der Waals surface area (Å²) in [6.07, 6.45) is 3.71. The Kier molecular flexibility index (Phi) is 3.52. The van der Waals surface area contributed by atoms with Gasteiger partial charge in [-0.2, -0.15) is 5.10 Å². The summed E-state index contributed by atoms with van der Waals surface area (Å²) in [4.78, 5) is 26.9. The molecular weight excluding hydrogens is 234 g/mol. The molecule has 0 saturated heterocycles. The Balaban J connectivity index is 2.17. The summed E-state index contributed by atoms with van der Waals surface area (Å²) in [6, 6.07) is 2.98. The molecule has 7 heteroatoms. The van der Waals surface area contributed by atoms with Crippen molar-refractivity contribution >= 4 is 11.6 Å². The van der Waals surface area contributed by atoms with E-state index in [1.165, 1.54) is 12.4 Å². The van der Waals surface area contributed by atoms with Gasteiger partial charge in [0.2, 0.25) is 5.82 Å². The number of carbonyl (C=O) groups is 1. The molecule has 0 aliphatic carbocycles. The normalized spacial score (nSPS) is 10.3. The third-order valence-corrected chi connectivity index (χ3v) is 2.34. The van der Waals surface area contributed by atoms with Crippen molar-refractivity contribution in [3.63, 3.8) is 0 Å². The Labute approximate surface area is 103 Å². The molecule has 0 unspecified atom stereocenters. The monoisotopic (exact) mass is 247 g/mol. The molecule has 0 aliphatic rings. The van der Waals surface area contributed by atoms with Crippen molar-refractivity contribution < 1.29 is 4.79 Å². The number of aromatic nitrogens is 4. The average Bonchev–Trinajstić information content (AvgIpc) is 2.87. The van der Waals surface area contributed by atoms with Crippen LogP contribution in [-0.2, 0) is 6.54 Å². The minimum Gasteiger partial charge on any atom is -0.318 e. The van der Waals surface area contributed by atoms with Crippen LogP contribution in [0.5, 0.6) is 0 Å². The van der Waals surface area contributed by atoms with E-state index in [0.29, 0.717) is 12.2 Å². The lowest BCUT2D eigenvalue weighted by Crippen LogP contribution is -2.20. The molecule has 0 saturated carbocycles. The Morgan fingerprint density at radius 1 is 1.50 bits per heavy atom. The van der Waals surface area contributed by atoms with E-state index in [-0.39, 0.29) is 11.4 Å². The highest BCUT2D eigenvalue weighted by Crippen LogP contribution is 2.05. The SMILES string of the molecule is CCCn1cc(NC(=O)c2ncn[nH]2)ccc1=O. The maximum absolute atomic E-state index is 11.7. The fourth-order valence-corrected chi connectivity index (χ4v) is 1.53. The molecule has 0 fully saturated rings. The minimum absolute atomic E-state index is 0.0884. The zero-order chi connectivity index (χ0) is 13.0. The van der Waals surface area contributed by atoms with Gasteiger partial charge in [-0.15, -0.1) is 0 Å². The van der Waals surface area contributed by atoms with Gasteiger partial charge in [0.15, 0.2) is 0 Å². The number of carbonyl (C=O) groups excluding carboxylic acids is 1. The predicted molar refractivity (Wildman–Crippen MR) is 65.3 cm³/mol. The first-order chi connectivity index (χ1) is 8.70. The average molecular weight is 247 g/mol. The maximum Gasteiger partial charge on any atom is 0.293 e. The van der Waals surface area contributed by atoms with E-state index in [9.17, 15) is 9.59 Å². The second kappa shape index (κ2) is 5.26. The summed E-state index contributed by atoms with van der Waals surface area (Å²) in [5.74, 6) is -0.266. The number of hydrogen-bond acceptors (Lipinski definition) is 4. The summed E-state index contributed by atoms with van der Waals surface area (Å²) in [7, 11) is 0. The van der Waals surface area contributed by atoms with E-state index >= 15 is 0 Å². The summed E-state index contributed by atoms with van der Waals surface area (Å²) in [5.41, 5.74) is 0.457. The fraction of sp³-hybridized carbons (Fsp3) is 0.273. The smallest absolute Gasteiger partial charge is 0.293 e. The van der Waals surface area contributed by atoms with Crippen LogP contribution in [0, 0.1) is 0 Å². The third-order valence-electron chi connectivity index (χ3n) is 2.34. The topological polar surface area (TPSA) is 92.7 Å². The van der Waals surface area contributed by atoms with Gasteiger partial charge in [0.25, 0.3) is 11.5 Å². The van der Waals surface area contributed by atoms with Gasteiger partial charge < -0.3 is 9.88 Å². The van der Waals surface area contributed by atoms with Gasteiger partial charge in [0, 0.05) is 18.8 Å². The van der Waals surface area contributed by atoms with E-state index < -0.39 is 5.91 Å². The van der Waals surface area contributed by atoms with Crippen LogP contribution in [0.1, 0.15) is 24.0 Å². The first-order valence-electron chi connectivity index (χ1n) is 5.58.